The first-order valence-electron chi connectivity index (χ1n) is 6.20. The van der Waals surface area contributed by atoms with Gasteiger partial charge in [0.1, 0.15) is 0 Å². The molecular weight excluding hydrogens is 248 g/mol. The summed E-state index contributed by atoms with van der Waals surface area (Å²) in [4.78, 5) is 14.3. The number of piperidine rings is 1. The molecule has 1 aromatic rings. The highest BCUT2D eigenvalue weighted by Gasteiger charge is 2.23. The molecule has 18 heavy (non-hydrogen) atoms. The topological polar surface area (TPSA) is 46.3 Å². The summed E-state index contributed by atoms with van der Waals surface area (Å²) in [6.07, 6.45) is 2.04. The van der Waals surface area contributed by atoms with Crippen molar-refractivity contribution in [2.75, 3.05) is 13.1 Å². The van der Waals surface area contributed by atoms with Crippen LogP contribution in [0.5, 0.6) is 0 Å². The molecule has 0 bridgehead atoms. The summed E-state index contributed by atoms with van der Waals surface area (Å²) in [6.45, 7) is 5.56. The number of carbonyl (C=O) groups is 1. The van der Waals surface area contributed by atoms with Crippen LogP contribution in [0.4, 0.5) is 0 Å². The van der Waals surface area contributed by atoms with Crippen molar-refractivity contribution in [2.24, 2.45) is 5.73 Å². The monoisotopic (exact) mass is 268 g/mol. The fourth-order valence-electron chi connectivity index (χ4n) is 2.35. The molecule has 4 heteroatoms. The van der Waals surface area contributed by atoms with Crippen molar-refractivity contribution in [1.29, 1.82) is 0 Å². The summed E-state index contributed by atoms with van der Waals surface area (Å²) < 4.78 is 0. The zero-order chi connectivity index (χ0) is 12.4. The minimum Gasteiger partial charge on any atom is -0.337 e. The summed E-state index contributed by atoms with van der Waals surface area (Å²) >= 11 is 0. The molecule has 1 atom stereocenters. The van der Waals surface area contributed by atoms with Gasteiger partial charge in [0.15, 0.2) is 0 Å². The van der Waals surface area contributed by atoms with Gasteiger partial charge in [0.2, 0.25) is 0 Å². The Morgan fingerprint density at radius 1 is 1.39 bits per heavy atom. The number of carbonyl (C=O) groups excluding carboxylic acids is 1. The predicted octanol–water partition coefficient (Wildman–Crippen LogP) is 2.29. The minimum atomic E-state index is 0. The van der Waals surface area contributed by atoms with Crippen LogP contribution in [0.3, 0.4) is 0 Å². The summed E-state index contributed by atoms with van der Waals surface area (Å²) in [6, 6.07) is 6.02. The Kier molecular flexibility index (Phi) is 5.17. The number of nitrogens with zero attached hydrogens (tertiary/aromatic N) is 1. The molecule has 1 fully saturated rings. The first-order chi connectivity index (χ1) is 8.09. The molecule has 2 N–H and O–H groups in total. The van der Waals surface area contributed by atoms with Crippen LogP contribution in [0.1, 0.15) is 34.3 Å². The van der Waals surface area contributed by atoms with E-state index < -0.39 is 0 Å². The van der Waals surface area contributed by atoms with Crippen molar-refractivity contribution in [3.8, 4) is 0 Å². The van der Waals surface area contributed by atoms with E-state index in [1.165, 1.54) is 0 Å². The van der Waals surface area contributed by atoms with E-state index >= 15 is 0 Å². The molecule has 0 aromatic heterocycles. The van der Waals surface area contributed by atoms with Gasteiger partial charge in [-0.2, -0.15) is 0 Å². The SMILES string of the molecule is Cc1cccc(C(=O)N2CCCC(N)C2)c1C.Cl. The molecule has 1 heterocycles. The highest BCUT2D eigenvalue weighted by atomic mass is 35.5. The molecule has 1 aromatic carbocycles. The predicted molar refractivity (Wildman–Crippen MR) is 76.3 cm³/mol. The van der Waals surface area contributed by atoms with Crippen LogP contribution in [0.15, 0.2) is 18.2 Å². The molecule has 1 unspecified atom stereocenters. The van der Waals surface area contributed by atoms with Gasteiger partial charge >= 0.3 is 0 Å². The lowest BCUT2D eigenvalue weighted by molar-refractivity contribution is 0.0708. The van der Waals surface area contributed by atoms with Crippen LogP contribution in [0, 0.1) is 13.8 Å². The Morgan fingerprint density at radius 2 is 2.11 bits per heavy atom. The van der Waals surface area contributed by atoms with Crippen LogP contribution < -0.4 is 5.73 Å². The van der Waals surface area contributed by atoms with Crippen molar-refractivity contribution in [1.82, 2.24) is 4.90 Å². The number of benzene rings is 1. The maximum Gasteiger partial charge on any atom is 0.254 e. The third-order valence-electron chi connectivity index (χ3n) is 3.58. The van der Waals surface area contributed by atoms with Crippen LogP contribution in [0.2, 0.25) is 0 Å². The fraction of sp³-hybridized carbons (Fsp3) is 0.500. The quantitative estimate of drug-likeness (QED) is 0.849. The van der Waals surface area contributed by atoms with Crippen molar-refractivity contribution in [3.05, 3.63) is 34.9 Å². The van der Waals surface area contributed by atoms with Crippen LogP contribution >= 0.6 is 12.4 Å². The molecule has 1 aliphatic rings. The van der Waals surface area contributed by atoms with E-state index in [1.54, 1.807) is 0 Å². The standard InChI is InChI=1S/C14H20N2O.ClH/c1-10-5-3-7-13(11(10)2)14(17)16-8-4-6-12(15)9-16;/h3,5,7,12H,4,6,8-9,15H2,1-2H3;1H. The van der Waals surface area contributed by atoms with E-state index in [0.717, 1.165) is 36.1 Å². The highest BCUT2D eigenvalue weighted by molar-refractivity contribution is 5.96. The lowest BCUT2D eigenvalue weighted by Gasteiger charge is -2.31. The van der Waals surface area contributed by atoms with Crippen molar-refractivity contribution in [2.45, 2.75) is 32.7 Å². The first kappa shape index (κ1) is 15.0. The van der Waals surface area contributed by atoms with E-state index in [-0.39, 0.29) is 24.4 Å². The lowest BCUT2D eigenvalue weighted by atomic mass is 10.0. The molecule has 100 valence electrons. The lowest BCUT2D eigenvalue weighted by Crippen LogP contribution is -2.45. The zero-order valence-corrected chi connectivity index (χ0v) is 11.8. The van der Waals surface area contributed by atoms with Crippen LogP contribution in [-0.4, -0.2) is 29.9 Å². The average molecular weight is 269 g/mol. The van der Waals surface area contributed by atoms with E-state index in [4.69, 9.17) is 5.73 Å². The minimum absolute atomic E-state index is 0. The van der Waals surface area contributed by atoms with Crippen molar-refractivity contribution < 1.29 is 4.79 Å². The Bertz CT molecular complexity index is 434. The van der Waals surface area contributed by atoms with Crippen LogP contribution in [-0.2, 0) is 0 Å². The summed E-state index contributed by atoms with van der Waals surface area (Å²) in [5.74, 6) is 0.126. The van der Waals surface area contributed by atoms with Gasteiger partial charge in [0.05, 0.1) is 0 Å². The maximum atomic E-state index is 12.4. The Morgan fingerprint density at radius 3 is 2.78 bits per heavy atom. The number of halogens is 1. The first-order valence-corrected chi connectivity index (χ1v) is 6.20. The fourth-order valence-corrected chi connectivity index (χ4v) is 2.35. The number of hydrogen-bond donors (Lipinski definition) is 1. The molecule has 1 amide bonds. The van der Waals surface area contributed by atoms with Gasteiger partial charge in [0.25, 0.3) is 5.91 Å². The molecule has 0 aliphatic carbocycles. The number of aryl methyl sites for hydroxylation is 1. The Hall–Kier alpha value is -1.06. The van der Waals surface area contributed by atoms with Crippen LogP contribution in [0.25, 0.3) is 0 Å². The van der Waals surface area contributed by atoms with E-state index in [0.29, 0.717) is 6.54 Å². The van der Waals surface area contributed by atoms with Gasteiger partial charge in [0, 0.05) is 24.7 Å². The summed E-state index contributed by atoms with van der Waals surface area (Å²) in [5, 5.41) is 0. The molecule has 0 saturated carbocycles. The van der Waals surface area contributed by atoms with Crippen molar-refractivity contribution >= 4 is 18.3 Å². The maximum absolute atomic E-state index is 12.4. The number of nitrogens with two attached hydrogens (primary N) is 1. The molecular formula is C14H21ClN2O. The number of likely N-dealkylation sites (tertiary alicyclic amines) is 1. The van der Waals surface area contributed by atoms with Gasteiger partial charge in [-0.05, 0) is 43.9 Å². The van der Waals surface area contributed by atoms with Gasteiger partial charge < -0.3 is 10.6 Å². The largest absolute Gasteiger partial charge is 0.337 e. The number of rotatable bonds is 1. The smallest absolute Gasteiger partial charge is 0.254 e. The van der Waals surface area contributed by atoms with Gasteiger partial charge in [-0.15, -0.1) is 12.4 Å². The molecule has 3 nitrogen and oxygen atoms in total. The highest BCUT2D eigenvalue weighted by Crippen LogP contribution is 2.17. The molecule has 0 spiro atoms. The second-order valence-electron chi connectivity index (χ2n) is 4.90. The van der Waals surface area contributed by atoms with Gasteiger partial charge in [-0.3, -0.25) is 4.79 Å². The van der Waals surface area contributed by atoms with E-state index in [9.17, 15) is 4.79 Å². The molecule has 0 radical (unpaired) electrons. The third-order valence-corrected chi connectivity index (χ3v) is 3.58. The summed E-state index contributed by atoms with van der Waals surface area (Å²) in [7, 11) is 0. The number of hydrogen-bond acceptors (Lipinski definition) is 2. The molecule has 1 saturated heterocycles. The molecule has 1 aliphatic heterocycles. The molecule has 2 rings (SSSR count). The second-order valence-corrected chi connectivity index (χ2v) is 4.90. The Labute approximate surface area is 115 Å². The number of amides is 1. The Balaban J connectivity index is 0.00000162. The van der Waals surface area contributed by atoms with E-state index in [2.05, 4.69) is 0 Å². The van der Waals surface area contributed by atoms with Gasteiger partial charge in [-0.25, -0.2) is 0 Å². The summed E-state index contributed by atoms with van der Waals surface area (Å²) in [5.41, 5.74) is 8.98. The normalized spacial score (nSPS) is 19.3. The van der Waals surface area contributed by atoms with E-state index in [1.807, 2.05) is 36.9 Å². The third kappa shape index (κ3) is 3.03. The van der Waals surface area contributed by atoms with Gasteiger partial charge in [-0.1, -0.05) is 12.1 Å². The average Bonchev–Trinajstić information content (AvgIpc) is 2.32. The zero-order valence-electron chi connectivity index (χ0n) is 11.0. The second kappa shape index (κ2) is 6.21. The van der Waals surface area contributed by atoms with Crippen molar-refractivity contribution in [3.63, 3.8) is 0 Å².